The predicted molar refractivity (Wildman–Crippen MR) is 57.2 cm³/mol. The van der Waals surface area contributed by atoms with Crippen LogP contribution in [0, 0.1) is 0 Å². The van der Waals surface area contributed by atoms with Crippen LogP contribution in [0.2, 0.25) is 0 Å². The van der Waals surface area contributed by atoms with Gasteiger partial charge in [0.05, 0.1) is 13.2 Å². The zero-order valence-electron chi connectivity index (χ0n) is 8.82. The summed E-state index contributed by atoms with van der Waals surface area (Å²) in [5, 5.41) is 17.4. The molecule has 0 rings (SSSR count). The van der Waals surface area contributed by atoms with E-state index in [2.05, 4.69) is 6.58 Å². The Hall–Kier alpha value is -0.380. The number of hydrogen-bond acceptors (Lipinski definition) is 3. The topological polar surface area (TPSA) is 49.7 Å². The highest BCUT2D eigenvalue weighted by atomic mass is 16.5. The second-order valence-corrected chi connectivity index (χ2v) is 3.40. The molecule has 0 aliphatic heterocycles. The highest BCUT2D eigenvalue weighted by Crippen LogP contribution is 2.03. The number of allylic oxidation sites excluding steroid dienone is 1. The number of rotatable bonds is 10. The molecule has 2 N–H and O–H groups in total. The van der Waals surface area contributed by atoms with E-state index >= 15 is 0 Å². The van der Waals surface area contributed by atoms with E-state index in [1.54, 1.807) is 0 Å². The average Bonchev–Trinajstić information content (AvgIpc) is 2.21. The fraction of sp³-hybridized carbons (Fsp3) is 0.818. The van der Waals surface area contributed by atoms with E-state index in [1.165, 1.54) is 12.8 Å². The summed E-state index contributed by atoms with van der Waals surface area (Å²) in [7, 11) is 0. The van der Waals surface area contributed by atoms with Crippen molar-refractivity contribution in [1.82, 2.24) is 0 Å². The Morgan fingerprint density at radius 1 is 1.21 bits per heavy atom. The van der Waals surface area contributed by atoms with E-state index in [4.69, 9.17) is 14.9 Å². The van der Waals surface area contributed by atoms with Crippen molar-refractivity contribution in [3.05, 3.63) is 12.7 Å². The largest absolute Gasteiger partial charge is 0.394 e. The Balaban J connectivity index is 2.95. The van der Waals surface area contributed by atoms with Gasteiger partial charge >= 0.3 is 0 Å². The highest BCUT2D eigenvalue weighted by molar-refractivity contribution is 4.65. The third-order valence-electron chi connectivity index (χ3n) is 1.97. The molecule has 84 valence electrons. The molecule has 0 amide bonds. The molecule has 3 heteroatoms. The third-order valence-corrected chi connectivity index (χ3v) is 1.97. The summed E-state index contributed by atoms with van der Waals surface area (Å²) >= 11 is 0. The van der Waals surface area contributed by atoms with Gasteiger partial charge in [0, 0.05) is 6.61 Å². The average molecular weight is 202 g/mol. The van der Waals surface area contributed by atoms with Crippen LogP contribution in [0.15, 0.2) is 12.7 Å². The summed E-state index contributed by atoms with van der Waals surface area (Å²) in [5.74, 6) is 0. The molecule has 0 aromatic heterocycles. The van der Waals surface area contributed by atoms with Crippen molar-refractivity contribution in [3.63, 3.8) is 0 Å². The first-order chi connectivity index (χ1) is 6.81. The molecule has 0 aliphatic rings. The maximum atomic E-state index is 8.94. The zero-order chi connectivity index (χ0) is 10.6. The third kappa shape index (κ3) is 9.71. The molecule has 0 aromatic carbocycles. The standard InChI is InChI=1S/C11H22O3/c1-2-3-4-5-6-7-8-14-10-11(13)9-12/h2,11-13H,1,3-10H2. The molecule has 0 radical (unpaired) electrons. The number of ether oxygens (including phenoxy) is 1. The normalized spacial score (nSPS) is 12.7. The van der Waals surface area contributed by atoms with Gasteiger partial charge in [-0.3, -0.25) is 0 Å². The molecule has 0 bridgehead atoms. The van der Waals surface area contributed by atoms with E-state index < -0.39 is 6.10 Å². The summed E-state index contributed by atoms with van der Waals surface area (Å²) in [4.78, 5) is 0. The van der Waals surface area contributed by atoms with Gasteiger partial charge in [0.1, 0.15) is 6.10 Å². The van der Waals surface area contributed by atoms with Gasteiger partial charge in [-0.05, 0) is 19.3 Å². The van der Waals surface area contributed by atoms with Crippen LogP contribution in [-0.2, 0) is 4.74 Å². The SMILES string of the molecule is C=CCCCCCCOCC(O)CO. The predicted octanol–water partition coefficient (Wildman–Crippen LogP) is 1.49. The monoisotopic (exact) mass is 202 g/mol. The molecule has 1 atom stereocenters. The lowest BCUT2D eigenvalue weighted by molar-refractivity contribution is 0.00526. The van der Waals surface area contributed by atoms with Crippen molar-refractivity contribution < 1.29 is 14.9 Å². The van der Waals surface area contributed by atoms with Crippen molar-refractivity contribution in [2.45, 2.75) is 38.2 Å². The van der Waals surface area contributed by atoms with Crippen LogP contribution in [0.5, 0.6) is 0 Å². The van der Waals surface area contributed by atoms with Gasteiger partial charge in [-0.2, -0.15) is 0 Å². The summed E-state index contributed by atoms with van der Waals surface area (Å²) in [6.07, 6.45) is 6.88. The van der Waals surface area contributed by atoms with Crippen molar-refractivity contribution in [2.75, 3.05) is 19.8 Å². The van der Waals surface area contributed by atoms with E-state index in [-0.39, 0.29) is 13.2 Å². The van der Waals surface area contributed by atoms with Crippen LogP contribution in [0.4, 0.5) is 0 Å². The number of hydrogen-bond donors (Lipinski definition) is 2. The van der Waals surface area contributed by atoms with Gasteiger partial charge in [-0.15, -0.1) is 6.58 Å². The van der Waals surface area contributed by atoms with Gasteiger partial charge < -0.3 is 14.9 Å². The molecule has 3 nitrogen and oxygen atoms in total. The van der Waals surface area contributed by atoms with Crippen LogP contribution in [-0.4, -0.2) is 36.1 Å². The molecule has 0 aromatic rings. The van der Waals surface area contributed by atoms with Crippen molar-refractivity contribution in [2.24, 2.45) is 0 Å². The molecule has 1 unspecified atom stereocenters. The summed E-state index contributed by atoms with van der Waals surface area (Å²) in [6, 6.07) is 0. The van der Waals surface area contributed by atoms with Crippen molar-refractivity contribution in [1.29, 1.82) is 0 Å². The van der Waals surface area contributed by atoms with Gasteiger partial charge in [-0.1, -0.05) is 18.9 Å². The molecular weight excluding hydrogens is 180 g/mol. The van der Waals surface area contributed by atoms with Crippen LogP contribution in [0.3, 0.4) is 0 Å². The van der Waals surface area contributed by atoms with E-state index in [0.29, 0.717) is 6.61 Å². The van der Waals surface area contributed by atoms with E-state index in [0.717, 1.165) is 19.3 Å². The molecular formula is C11H22O3. The maximum absolute atomic E-state index is 8.94. The Kier molecular flexibility index (Phi) is 10.4. The molecule has 0 spiro atoms. The summed E-state index contributed by atoms with van der Waals surface area (Å²) in [6.45, 7) is 4.35. The lowest BCUT2D eigenvalue weighted by Crippen LogP contribution is -2.19. The first kappa shape index (κ1) is 13.6. The number of aliphatic hydroxyl groups is 2. The fourth-order valence-electron chi connectivity index (χ4n) is 1.12. The first-order valence-corrected chi connectivity index (χ1v) is 5.28. The van der Waals surface area contributed by atoms with Crippen LogP contribution < -0.4 is 0 Å². The van der Waals surface area contributed by atoms with Gasteiger partial charge in [0.25, 0.3) is 0 Å². The van der Waals surface area contributed by atoms with E-state index in [9.17, 15) is 0 Å². The van der Waals surface area contributed by atoms with Crippen LogP contribution in [0.25, 0.3) is 0 Å². The molecule has 14 heavy (non-hydrogen) atoms. The minimum Gasteiger partial charge on any atom is -0.394 e. The zero-order valence-corrected chi connectivity index (χ0v) is 8.82. The maximum Gasteiger partial charge on any atom is 0.100 e. The number of aliphatic hydroxyl groups excluding tert-OH is 2. The summed E-state index contributed by atoms with van der Waals surface area (Å²) < 4.78 is 5.16. The van der Waals surface area contributed by atoms with Gasteiger partial charge in [0.2, 0.25) is 0 Å². The lowest BCUT2D eigenvalue weighted by Gasteiger charge is -2.07. The van der Waals surface area contributed by atoms with Crippen molar-refractivity contribution >= 4 is 0 Å². The fourth-order valence-corrected chi connectivity index (χ4v) is 1.12. The lowest BCUT2D eigenvalue weighted by atomic mass is 10.1. The smallest absolute Gasteiger partial charge is 0.100 e. The van der Waals surface area contributed by atoms with Crippen LogP contribution in [0.1, 0.15) is 32.1 Å². The minimum atomic E-state index is -0.726. The second kappa shape index (κ2) is 10.7. The van der Waals surface area contributed by atoms with Gasteiger partial charge in [0.15, 0.2) is 0 Å². The number of unbranched alkanes of at least 4 members (excludes halogenated alkanes) is 4. The van der Waals surface area contributed by atoms with Crippen molar-refractivity contribution in [3.8, 4) is 0 Å². The molecule has 0 fully saturated rings. The molecule has 0 heterocycles. The molecule has 0 aliphatic carbocycles. The Morgan fingerprint density at radius 2 is 1.93 bits per heavy atom. The van der Waals surface area contributed by atoms with Gasteiger partial charge in [-0.25, -0.2) is 0 Å². The molecule has 0 saturated carbocycles. The Labute approximate surface area is 86.4 Å². The highest BCUT2D eigenvalue weighted by Gasteiger charge is 2.00. The molecule has 0 saturated heterocycles. The first-order valence-electron chi connectivity index (χ1n) is 5.28. The second-order valence-electron chi connectivity index (χ2n) is 3.40. The summed E-state index contributed by atoms with van der Waals surface area (Å²) in [5.41, 5.74) is 0. The van der Waals surface area contributed by atoms with E-state index in [1.807, 2.05) is 6.08 Å². The quantitative estimate of drug-likeness (QED) is 0.417. The Bertz CT molecular complexity index is 126. The minimum absolute atomic E-state index is 0.223. The Morgan fingerprint density at radius 3 is 2.57 bits per heavy atom. The van der Waals surface area contributed by atoms with Crippen LogP contribution >= 0.6 is 0 Å².